The average Bonchev–Trinajstić information content (AvgIpc) is 3.15. The molecule has 1 aromatic carbocycles. The first-order chi connectivity index (χ1) is 17.1. The van der Waals surface area contributed by atoms with Crippen LogP contribution >= 0.6 is 0 Å². The molecule has 11 heteroatoms. The molecule has 0 radical (unpaired) electrons. The molecule has 0 amide bonds. The lowest BCUT2D eigenvalue weighted by molar-refractivity contribution is -0.482. The Hall–Kier alpha value is -1.64. The average molecular weight is 507 g/mol. The van der Waals surface area contributed by atoms with Crippen LogP contribution in [0, 0.1) is 0 Å². The molecule has 0 bridgehead atoms. The minimum Gasteiger partial charge on any atom is -0.390 e. The standard InChI is InChI=1S/C25H38N4O7/c1-13-9-24(32,12-28-10-14-11-29(4)16-8-6-5-7-15(14)16)25(33)23(34-13)35-22-20(31)17(26-2)19(30)18(27-3)21(22)36-25/h5-8,11,13,17-23,26-28,30-33H,9-10,12H2,1-4H3/t13-,17-,18+,19+,20+,21?,22?,23?,24-,25?/m1/s1. The molecule has 2 aromatic rings. The molecule has 10 atom stereocenters. The van der Waals surface area contributed by atoms with Gasteiger partial charge in [-0.1, -0.05) is 18.2 Å². The summed E-state index contributed by atoms with van der Waals surface area (Å²) in [4.78, 5) is 0. The first-order valence-electron chi connectivity index (χ1n) is 12.5. The fraction of sp³-hybridized carbons (Fsp3) is 0.680. The van der Waals surface area contributed by atoms with Gasteiger partial charge < -0.3 is 55.2 Å². The van der Waals surface area contributed by atoms with Crippen LogP contribution in [0.15, 0.2) is 30.5 Å². The molecule has 200 valence electrons. The number of aromatic nitrogens is 1. The fourth-order valence-corrected chi connectivity index (χ4v) is 6.20. The van der Waals surface area contributed by atoms with E-state index in [1.165, 1.54) is 0 Å². The second-order valence-electron chi connectivity index (χ2n) is 10.4. The zero-order valence-electron chi connectivity index (χ0n) is 21.1. The van der Waals surface area contributed by atoms with Crippen molar-refractivity contribution in [2.75, 3.05) is 20.6 Å². The number of aliphatic hydroxyl groups is 4. The van der Waals surface area contributed by atoms with Gasteiger partial charge in [0.15, 0.2) is 0 Å². The van der Waals surface area contributed by atoms with Gasteiger partial charge in [0.25, 0.3) is 0 Å². The minimum absolute atomic E-state index is 0.00609. The predicted molar refractivity (Wildman–Crippen MR) is 131 cm³/mol. The van der Waals surface area contributed by atoms with Crippen molar-refractivity contribution in [1.29, 1.82) is 0 Å². The number of aryl methyl sites for hydroxylation is 1. The molecule has 3 heterocycles. The highest BCUT2D eigenvalue weighted by molar-refractivity contribution is 5.83. The number of nitrogens with one attached hydrogen (secondary N) is 3. The number of benzene rings is 1. The lowest BCUT2D eigenvalue weighted by atomic mass is 9.77. The molecule has 36 heavy (non-hydrogen) atoms. The summed E-state index contributed by atoms with van der Waals surface area (Å²) in [7, 11) is 5.29. The summed E-state index contributed by atoms with van der Waals surface area (Å²) in [5.74, 6) is -2.23. The molecular weight excluding hydrogens is 468 g/mol. The lowest BCUT2D eigenvalue weighted by Gasteiger charge is -2.60. The van der Waals surface area contributed by atoms with E-state index < -0.39 is 60.3 Å². The first kappa shape index (κ1) is 26.0. The third kappa shape index (κ3) is 3.99. The Balaban J connectivity index is 1.38. The fourth-order valence-electron chi connectivity index (χ4n) is 6.20. The third-order valence-electron chi connectivity index (χ3n) is 8.06. The molecule has 1 aliphatic carbocycles. The summed E-state index contributed by atoms with van der Waals surface area (Å²) >= 11 is 0. The molecule has 2 aliphatic heterocycles. The van der Waals surface area contributed by atoms with E-state index >= 15 is 0 Å². The van der Waals surface area contributed by atoms with Crippen LogP contribution in [0.1, 0.15) is 18.9 Å². The van der Waals surface area contributed by atoms with Crippen LogP contribution in [0.2, 0.25) is 0 Å². The van der Waals surface area contributed by atoms with Gasteiger partial charge in [0, 0.05) is 43.7 Å². The number of rotatable bonds is 6. The largest absolute Gasteiger partial charge is 0.390 e. The lowest BCUT2D eigenvalue weighted by Crippen LogP contribution is -2.81. The van der Waals surface area contributed by atoms with Crippen molar-refractivity contribution in [1.82, 2.24) is 20.5 Å². The van der Waals surface area contributed by atoms with E-state index in [0.717, 1.165) is 16.5 Å². The molecule has 5 rings (SSSR count). The van der Waals surface area contributed by atoms with Crippen LogP contribution in [0.5, 0.6) is 0 Å². The van der Waals surface area contributed by atoms with Crippen molar-refractivity contribution >= 4 is 10.9 Å². The molecule has 0 spiro atoms. The summed E-state index contributed by atoms with van der Waals surface area (Å²) < 4.78 is 20.2. The maximum absolute atomic E-state index is 11.8. The van der Waals surface area contributed by atoms with Crippen LogP contribution in [0.3, 0.4) is 0 Å². The Kier molecular flexibility index (Phi) is 6.92. The van der Waals surface area contributed by atoms with Crippen LogP contribution in [-0.2, 0) is 27.8 Å². The number of nitrogens with zero attached hydrogens (tertiary/aromatic N) is 1. The van der Waals surface area contributed by atoms with Crippen molar-refractivity contribution in [3.05, 3.63) is 36.0 Å². The SMILES string of the molecule is CN[C@@H]1[C@H](O)[C@H](NC)C2OC3(O)C(OC2[C@H]1O)O[C@H](C)C[C@@]3(O)CNCc1cn(C)c2ccccc12. The molecule has 4 unspecified atom stereocenters. The van der Waals surface area contributed by atoms with E-state index in [1.54, 1.807) is 21.0 Å². The van der Waals surface area contributed by atoms with Gasteiger partial charge in [0.1, 0.15) is 23.9 Å². The topological polar surface area (TPSA) is 150 Å². The maximum atomic E-state index is 11.8. The zero-order chi connectivity index (χ0) is 25.8. The number of hydrogen-bond acceptors (Lipinski definition) is 10. The Labute approximate surface area is 210 Å². The highest BCUT2D eigenvalue weighted by Gasteiger charge is 2.68. The highest BCUT2D eigenvalue weighted by Crippen LogP contribution is 2.46. The summed E-state index contributed by atoms with van der Waals surface area (Å²) in [6.45, 7) is 2.26. The summed E-state index contributed by atoms with van der Waals surface area (Å²) in [6.07, 6.45) is -3.62. The second kappa shape index (κ2) is 9.59. The Morgan fingerprint density at radius 3 is 2.47 bits per heavy atom. The van der Waals surface area contributed by atoms with E-state index in [4.69, 9.17) is 14.2 Å². The Morgan fingerprint density at radius 1 is 1.03 bits per heavy atom. The molecule has 3 aliphatic rings. The number of ether oxygens (including phenoxy) is 3. The van der Waals surface area contributed by atoms with Crippen LogP contribution in [0.25, 0.3) is 10.9 Å². The first-order valence-corrected chi connectivity index (χ1v) is 12.5. The van der Waals surface area contributed by atoms with Crippen LogP contribution in [-0.4, -0.2) is 106 Å². The Bertz CT molecular complexity index is 1080. The minimum atomic E-state index is -2.23. The molecule has 2 saturated heterocycles. The molecule has 11 nitrogen and oxygen atoms in total. The van der Waals surface area contributed by atoms with Crippen molar-refractivity contribution in [2.45, 2.75) is 80.2 Å². The Morgan fingerprint density at radius 2 is 1.75 bits per heavy atom. The monoisotopic (exact) mass is 506 g/mol. The highest BCUT2D eigenvalue weighted by atomic mass is 16.8. The molecular formula is C25H38N4O7. The quantitative estimate of drug-likeness (QED) is 0.247. The molecule has 1 aromatic heterocycles. The second-order valence-corrected chi connectivity index (χ2v) is 10.4. The van der Waals surface area contributed by atoms with Crippen molar-refractivity contribution in [3.8, 4) is 0 Å². The van der Waals surface area contributed by atoms with Crippen molar-refractivity contribution in [3.63, 3.8) is 0 Å². The van der Waals surface area contributed by atoms with Crippen LogP contribution in [0.4, 0.5) is 0 Å². The van der Waals surface area contributed by atoms with Gasteiger partial charge in [-0.3, -0.25) is 0 Å². The molecule has 3 fully saturated rings. The van der Waals surface area contributed by atoms with Gasteiger partial charge in [0.2, 0.25) is 12.1 Å². The normalized spacial score (nSPS) is 42.8. The van der Waals surface area contributed by atoms with E-state index in [9.17, 15) is 20.4 Å². The summed E-state index contributed by atoms with van der Waals surface area (Å²) in [5, 5.41) is 55.7. The number of aliphatic hydroxyl groups excluding tert-OH is 2. The third-order valence-corrected chi connectivity index (χ3v) is 8.06. The van der Waals surface area contributed by atoms with Gasteiger partial charge in [-0.2, -0.15) is 0 Å². The number of para-hydroxylation sites is 1. The van der Waals surface area contributed by atoms with Crippen molar-refractivity contribution in [2.24, 2.45) is 7.05 Å². The van der Waals surface area contributed by atoms with Crippen molar-refractivity contribution < 1.29 is 34.6 Å². The van der Waals surface area contributed by atoms with E-state index in [1.807, 2.05) is 31.4 Å². The van der Waals surface area contributed by atoms with Gasteiger partial charge in [-0.15, -0.1) is 0 Å². The smallest absolute Gasteiger partial charge is 0.249 e. The number of fused-ring (bicyclic) bond motifs is 3. The molecule has 1 saturated carbocycles. The van der Waals surface area contributed by atoms with E-state index in [0.29, 0.717) is 6.54 Å². The summed E-state index contributed by atoms with van der Waals surface area (Å²) in [5.41, 5.74) is 0.404. The van der Waals surface area contributed by atoms with Gasteiger partial charge in [-0.25, -0.2) is 0 Å². The van der Waals surface area contributed by atoms with Gasteiger partial charge in [0.05, 0.1) is 24.3 Å². The zero-order valence-corrected chi connectivity index (χ0v) is 21.1. The van der Waals surface area contributed by atoms with E-state index in [-0.39, 0.29) is 13.0 Å². The number of likely N-dealkylation sites (N-methyl/N-ethyl adjacent to an activating group) is 2. The van der Waals surface area contributed by atoms with E-state index in [2.05, 4.69) is 26.6 Å². The van der Waals surface area contributed by atoms with Crippen LogP contribution < -0.4 is 16.0 Å². The summed E-state index contributed by atoms with van der Waals surface area (Å²) in [6, 6.07) is 6.72. The maximum Gasteiger partial charge on any atom is 0.249 e. The number of hydrogen-bond donors (Lipinski definition) is 7. The van der Waals surface area contributed by atoms with Gasteiger partial charge in [-0.05, 0) is 32.6 Å². The molecule has 7 N–H and O–H groups in total. The van der Waals surface area contributed by atoms with Gasteiger partial charge >= 0.3 is 0 Å². The predicted octanol–water partition coefficient (Wildman–Crippen LogP) is -1.48.